The molecule has 0 spiro atoms. The fourth-order valence-corrected chi connectivity index (χ4v) is 4.84. The molecular formula is C33H32F4N2O3. The van der Waals surface area contributed by atoms with E-state index in [4.69, 9.17) is 15.2 Å². The van der Waals surface area contributed by atoms with Gasteiger partial charge in [-0.25, -0.2) is 4.39 Å². The monoisotopic (exact) mass is 580 g/mol. The molecule has 0 aliphatic carbocycles. The number of halogens is 4. The van der Waals surface area contributed by atoms with Gasteiger partial charge in [0.2, 0.25) is 5.91 Å². The maximum atomic E-state index is 15.1. The molecule has 0 unspecified atom stereocenters. The van der Waals surface area contributed by atoms with Crippen LogP contribution in [0.3, 0.4) is 0 Å². The lowest BCUT2D eigenvalue weighted by Gasteiger charge is -2.29. The molecule has 4 aromatic carbocycles. The molecule has 0 fully saturated rings. The molecule has 4 aromatic rings. The van der Waals surface area contributed by atoms with Crippen LogP contribution in [-0.4, -0.2) is 37.6 Å². The summed E-state index contributed by atoms with van der Waals surface area (Å²) in [6.07, 6.45) is -4.34. The van der Waals surface area contributed by atoms with E-state index in [1.807, 2.05) is 65.6 Å². The first-order chi connectivity index (χ1) is 20.2. The topological polar surface area (TPSA) is 64.8 Å². The fraction of sp³-hybridized carbons (Fsp3) is 0.242. The van der Waals surface area contributed by atoms with Crippen LogP contribution in [0, 0.1) is 5.82 Å². The molecule has 2 N–H and O–H groups in total. The molecule has 42 heavy (non-hydrogen) atoms. The zero-order valence-corrected chi connectivity index (χ0v) is 23.1. The van der Waals surface area contributed by atoms with Gasteiger partial charge in [-0.05, 0) is 41.8 Å². The third kappa shape index (κ3) is 7.88. The van der Waals surface area contributed by atoms with E-state index in [9.17, 15) is 18.0 Å². The molecule has 0 aromatic heterocycles. The van der Waals surface area contributed by atoms with E-state index in [0.29, 0.717) is 31.0 Å². The molecule has 9 heteroatoms. The zero-order chi connectivity index (χ0) is 30.1. The zero-order valence-electron chi connectivity index (χ0n) is 23.1. The average Bonchev–Trinajstić information content (AvgIpc) is 2.99. The van der Waals surface area contributed by atoms with Crippen LogP contribution in [0.1, 0.15) is 45.0 Å². The van der Waals surface area contributed by atoms with Crippen molar-refractivity contribution in [1.29, 1.82) is 0 Å². The molecule has 0 atom stereocenters. The van der Waals surface area contributed by atoms with Crippen molar-refractivity contribution >= 4 is 5.91 Å². The number of alkyl halides is 3. The molecule has 0 bridgehead atoms. The Hall–Kier alpha value is -4.37. The number of nitrogens with zero attached hydrogens (tertiary/aromatic N) is 1. The van der Waals surface area contributed by atoms with Crippen LogP contribution in [0.4, 0.5) is 17.6 Å². The highest BCUT2D eigenvalue weighted by atomic mass is 19.4. The maximum Gasteiger partial charge on any atom is 0.419 e. The van der Waals surface area contributed by atoms with Gasteiger partial charge >= 0.3 is 6.18 Å². The van der Waals surface area contributed by atoms with Gasteiger partial charge in [0.25, 0.3) is 0 Å². The van der Waals surface area contributed by atoms with E-state index in [0.717, 1.165) is 17.2 Å². The first-order valence-electron chi connectivity index (χ1n) is 13.4. The molecule has 0 radical (unpaired) electrons. The molecule has 0 heterocycles. The molecular weight excluding hydrogens is 548 g/mol. The largest absolute Gasteiger partial charge is 0.493 e. The lowest BCUT2D eigenvalue weighted by molar-refractivity contribution is -0.140. The second kappa shape index (κ2) is 14.0. The molecule has 0 aliphatic heterocycles. The molecule has 0 aliphatic rings. The number of primary amides is 1. The number of amides is 1. The van der Waals surface area contributed by atoms with Gasteiger partial charge in [-0.15, -0.1) is 0 Å². The SMILES string of the molecule is COc1ccc(C(N)=O)cc1OCCCN(Cc1cccc(C(F)(F)F)c1F)CC(c1ccccc1)c1ccccc1. The summed E-state index contributed by atoms with van der Waals surface area (Å²) in [6, 6.07) is 27.6. The van der Waals surface area contributed by atoms with Crippen LogP contribution in [0.2, 0.25) is 0 Å². The van der Waals surface area contributed by atoms with Gasteiger partial charge in [0, 0.05) is 36.7 Å². The van der Waals surface area contributed by atoms with Crippen molar-refractivity contribution in [1.82, 2.24) is 4.90 Å². The summed E-state index contributed by atoms with van der Waals surface area (Å²) < 4.78 is 66.7. The van der Waals surface area contributed by atoms with E-state index < -0.39 is 23.5 Å². The van der Waals surface area contributed by atoms with E-state index >= 15 is 4.39 Å². The summed E-state index contributed by atoms with van der Waals surface area (Å²) in [4.78, 5) is 13.5. The molecule has 5 nitrogen and oxygen atoms in total. The summed E-state index contributed by atoms with van der Waals surface area (Å²) in [5, 5.41) is 0. The normalized spacial score (nSPS) is 11.6. The Morgan fingerprint density at radius 2 is 1.52 bits per heavy atom. The van der Waals surface area contributed by atoms with E-state index in [2.05, 4.69) is 0 Å². The van der Waals surface area contributed by atoms with Crippen molar-refractivity contribution < 1.29 is 31.8 Å². The first kappa shape index (κ1) is 30.6. The minimum Gasteiger partial charge on any atom is -0.493 e. The number of carbonyl (C=O) groups is 1. The highest BCUT2D eigenvalue weighted by molar-refractivity contribution is 5.93. The second-order valence-corrected chi connectivity index (χ2v) is 9.82. The van der Waals surface area contributed by atoms with E-state index in [1.165, 1.54) is 31.4 Å². The third-order valence-electron chi connectivity index (χ3n) is 6.95. The number of benzene rings is 4. The van der Waals surface area contributed by atoms with Gasteiger partial charge in [-0.3, -0.25) is 9.69 Å². The van der Waals surface area contributed by atoms with Crippen molar-refractivity contribution in [3.63, 3.8) is 0 Å². The number of rotatable bonds is 13. The number of hydrogen-bond donors (Lipinski definition) is 1. The van der Waals surface area contributed by atoms with Crippen LogP contribution in [0.15, 0.2) is 97.1 Å². The summed E-state index contributed by atoms with van der Waals surface area (Å²) in [5.41, 5.74) is 6.39. The molecule has 1 amide bonds. The number of carbonyl (C=O) groups excluding carboxylic acids is 1. The molecule has 4 rings (SSSR count). The van der Waals surface area contributed by atoms with Crippen LogP contribution in [-0.2, 0) is 12.7 Å². The van der Waals surface area contributed by atoms with Gasteiger partial charge in [0.05, 0.1) is 19.3 Å². The van der Waals surface area contributed by atoms with Gasteiger partial charge in [-0.1, -0.05) is 72.8 Å². The number of ether oxygens (including phenoxy) is 2. The molecule has 220 valence electrons. The predicted molar refractivity (Wildman–Crippen MR) is 153 cm³/mol. The van der Waals surface area contributed by atoms with Crippen LogP contribution >= 0.6 is 0 Å². The lowest BCUT2D eigenvalue weighted by atomic mass is 9.90. The Balaban J connectivity index is 1.58. The predicted octanol–water partition coefficient (Wildman–Crippen LogP) is 7.06. The third-order valence-corrected chi connectivity index (χ3v) is 6.95. The first-order valence-corrected chi connectivity index (χ1v) is 13.4. The highest BCUT2D eigenvalue weighted by Gasteiger charge is 2.35. The Kier molecular flexibility index (Phi) is 10.2. The summed E-state index contributed by atoms with van der Waals surface area (Å²) >= 11 is 0. The molecule has 0 saturated heterocycles. The lowest BCUT2D eigenvalue weighted by Crippen LogP contribution is -2.31. The summed E-state index contributed by atoms with van der Waals surface area (Å²) in [5.74, 6) is -1.22. The summed E-state index contributed by atoms with van der Waals surface area (Å²) in [6.45, 7) is 0.988. The second-order valence-electron chi connectivity index (χ2n) is 9.82. The van der Waals surface area contributed by atoms with Crippen molar-refractivity contribution in [2.45, 2.75) is 25.1 Å². The highest BCUT2D eigenvalue weighted by Crippen LogP contribution is 2.33. The number of hydrogen-bond acceptors (Lipinski definition) is 4. The minimum absolute atomic E-state index is 0.0353. The van der Waals surface area contributed by atoms with Gasteiger partial charge in [-0.2, -0.15) is 13.2 Å². The van der Waals surface area contributed by atoms with Crippen molar-refractivity contribution in [2.24, 2.45) is 5.73 Å². The Morgan fingerprint density at radius 1 is 0.881 bits per heavy atom. The number of nitrogens with two attached hydrogens (primary N) is 1. The Labute approximate surface area is 242 Å². The van der Waals surface area contributed by atoms with E-state index in [-0.39, 0.29) is 30.2 Å². The maximum absolute atomic E-state index is 15.1. The standard InChI is InChI=1S/C33H32F4N2O3/c1-41-29-17-16-25(32(38)40)20-30(29)42-19-9-18-39(21-26-14-8-15-28(31(26)34)33(35,36)37)22-27(23-10-4-2-5-11-23)24-12-6-3-7-13-24/h2-8,10-17,20,27H,9,18-19,21-22H2,1H3,(H2,38,40). The average molecular weight is 581 g/mol. The van der Waals surface area contributed by atoms with Crippen molar-refractivity contribution in [3.8, 4) is 11.5 Å². The van der Waals surface area contributed by atoms with Crippen LogP contribution in [0.5, 0.6) is 11.5 Å². The van der Waals surface area contributed by atoms with Gasteiger partial charge < -0.3 is 15.2 Å². The minimum atomic E-state index is -4.80. The van der Waals surface area contributed by atoms with Gasteiger partial charge in [0.1, 0.15) is 5.82 Å². The summed E-state index contributed by atoms with van der Waals surface area (Å²) in [7, 11) is 1.48. The fourth-order valence-electron chi connectivity index (χ4n) is 4.84. The Bertz CT molecular complexity index is 1420. The van der Waals surface area contributed by atoms with Gasteiger partial charge in [0.15, 0.2) is 11.5 Å². The van der Waals surface area contributed by atoms with Crippen molar-refractivity contribution in [2.75, 3.05) is 26.8 Å². The van der Waals surface area contributed by atoms with Crippen LogP contribution in [0.25, 0.3) is 0 Å². The molecule has 0 saturated carbocycles. The quantitative estimate of drug-likeness (QED) is 0.136. The van der Waals surface area contributed by atoms with Crippen LogP contribution < -0.4 is 15.2 Å². The smallest absolute Gasteiger partial charge is 0.419 e. The van der Waals surface area contributed by atoms with Crippen molar-refractivity contribution in [3.05, 3.63) is 131 Å². The van der Waals surface area contributed by atoms with E-state index in [1.54, 1.807) is 6.07 Å². The number of methoxy groups -OCH3 is 1. The Morgan fingerprint density at radius 3 is 2.10 bits per heavy atom.